The van der Waals surface area contributed by atoms with Crippen LogP contribution in [0.4, 0.5) is 13.2 Å². The second-order valence-electron chi connectivity index (χ2n) is 5.57. The van der Waals surface area contributed by atoms with Crippen LogP contribution in [-0.2, 0) is 11.2 Å². The van der Waals surface area contributed by atoms with Crippen molar-refractivity contribution in [3.05, 3.63) is 35.5 Å². The maximum Gasteiger partial charge on any atom is 0.471 e. The number of nitrogens with zero attached hydrogens (tertiary/aromatic N) is 1. The lowest BCUT2D eigenvalue weighted by Gasteiger charge is -2.36. The number of fused-ring (bicyclic) bond motifs is 3. The molecule has 2 heterocycles. The van der Waals surface area contributed by atoms with E-state index < -0.39 is 18.1 Å². The number of halogens is 3. The highest BCUT2D eigenvalue weighted by molar-refractivity contribution is 5.87. The Morgan fingerprint density at radius 3 is 2.83 bits per heavy atom. The first-order valence-corrected chi connectivity index (χ1v) is 7.34. The van der Waals surface area contributed by atoms with Gasteiger partial charge in [0.05, 0.1) is 6.04 Å². The highest BCUT2D eigenvalue weighted by Crippen LogP contribution is 2.38. The topological polar surface area (TPSA) is 36.1 Å². The Balaban J connectivity index is 2.06. The molecular formula is C17H15F3N2O. The van der Waals surface area contributed by atoms with Gasteiger partial charge in [0.15, 0.2) is 0 Å². The van der Waals surface area contributed by atoms with E-state index in [0.29, 0.717) is 25.0 Å². The highest BCUT2D eigenvalue weighted by atomic mass is 19.4. The lowest BCUT2D eigenvalue weighted by Crippen LogP contribution is -2.46. The molecule has 0 radical (unpaired) electrons. The van der Waals surface area contributed by atoms with Crippen molar-refractivity contribution < 1.29 is 18.0 Å². The van der Waals surface area contributed by atoms with Gasteiger partial charge in [-0.25, -0.2) is 0 Å². The average molecular weight is 320 g/mol. The van der Waals surface area contributed by atoms with Crippen LogP contribution in [0.5, 0.6) is 0 Å². The zero-order valence-electron chi connectivity index (χ0n) is 12.3. The van der Waals surface area contributed by atoms with Gasteiger partial charge in [0, 0.05) is 29.6 Å². The van der Waals surface area contributed by atoms with Crippen molar-refractivity contribution in [2.45, 2.75) is 31.5 Å². The summed E-state index contributed by atoms with van der Waals surface area (Å²) in [5.41, 5.74) is 2.52. The summed E-state index contributed by atoms with van der Waals surface area (Å²) < 4.78 is 38.6. The normalized spacial score (nSPS) is 17.8. The van der Waals surface area contributed by atoms with Crippen molar-refractivity contribution in [3.63, 3.8) is 0 Å². The molecule has 1 unspecified atom stereocenters. The first-order chi connectivity index (χ1) is 10.9. The lowest BCUT2D eigenvalue weighted by molar-refractivity contribution is -0.188. The molecule has 1 aromatic heterocycles. The fraction of sp³-hybridized carbons (Fsp3) is 0.353. The van der Waals surface area contributed by atoms with E-state index in [4.69, 9.17) is 6.42 Å². The van der Waals surface area contributed by atoms with E-state index in [0.717, 1.165) is 21.4 Å². The zero-order valence-corrected chi connectivity index (χ0v) is 12.3. The summed E-state index contributed by atoms with van der Waals surface area (Å²) in [6.07, 6.45) is 1.39. The summed E-state index contributed by atoms with van der Waals surface area (Å²) in [5, 5.41) is 0.993. The van der Waals surface area contributed by atoms with Crippen LogP contribution in [0.15, 0.2) is 24.3 Å². The number of terminal acetylenes is 1. The van der Waals surface area contributed by atoms with Gasteiger partial charge in [0.2, 0.25) is 0 Å². The molecule has 120 valence electrons. The quantitative estimate of drug-likeness (QED) is 0.844. The second kappa shape index (κ2) is 5.65. The number of amides is 1. The van der Waals surface area contributed by atoms with Gasteiger partial charge in [-0.15, -0.1) is 12.3 Å². The van der Waals surface area contributed by atoms with Crippen LogP contribution in [0.3, 0.4) is 0 Å². The molecule has 3 rings (SSSR count). The van der Waals surface area contributed by atoms with Gasteiger partial charge in [-0.2, -0.15) is 13.2 Å². The van der Waals surface area contributed by atoms with Gasteiger partial charge in [0.1, 0.15) is 0 Å². The third-order valence-electron chi connectivity index (χ3n) is 4.22. The minimum absolute atomic E-state index is 0.0441. The smallest absolute Gasteiger partial charge is 0.356 e. The minimum atomic E-state index is -4.88. The number of rotatable bonds is 2. The molecule has 6 heteroatoms. The van der Waals surface area contributed by atoms with Crippen molar-refractivity contribution >= 4 is 16.8 Å². The molecule has 0 bridgehead atoms. The van der Waals surface area contributed by atoms with Gasteiger partial charge in [-0.1, -0.05) is 18.2 Å². The Morgan fingerprint density at radius 2 is 2.13 bits per heavy atom. The van der Waals surface area contributed by atoms with E-state index in [-0.39, 0.29) is 6.54 Å². The predicted octanol–water partition coefficient (Wildman–Crippen LogP) is 3.57. The molecular weight excluding hydrogens is 305 g/mol. The van der Waals surface area contributed by atoms with Crippen molar-refractivity contribution in [1.82, 2.24) is 9.88 Å². The van der Waals surface area contributed by atoms with Crippen LogP contribution in [-0.4, -0.2) is 28.5 Å². The van der Waals surface area contributed by atoms with Crippen LogP contribution in [0.25, 0.3) is 10.9 Å². The van der Waals surface area contributed by atoms with Crippen LogP contribution in [0.1, 0.15) is 30.1 Å². The number of alkyl halides is 3. The van der Waals surface area contributed by atoms with Crippen LogP contribution >= 0.6 is 0 Å². The van der Waals surface area contributed by atoms with Gasteiger partial charge in [-0.05, 0) is 24.5 Å². The number of para-hydroxylation sites is 1. The number of nitrogens with one attached hydrogen (secondary N) is 1. The SMILES string of the molecule is C#CCCC1c2[nH]c3ccccc3c2CCN1C(=O)C(F)(F)F. The van der Waals surface area contributed by atoms with E-state index in [1.807, 2.05) is 24.3 Å². The van der Waals surface area contributed by atoms with Gasteiger partial charge in [0.25, 0.3) is 0 Å². The van der Waals surface area contributed by atoms with Gasteiger partial charge in [-0.3, -0.25) is 4.79 Å². The number of H-pyrrole nitrogens is 1. The van der Waals surface area contributed by atoms with Gasteiger partial charge >= 0.3 is 12.1 Å². The number of benzene rings is 1. The summed E-state index contributed by atoms with van der Waals surface area (Å²) in [7, 11) is 0. The maximum atomic E-state index is 12.9. The molecule has 1 N–H and O–H groups in total. The third kappa shape index (κ3) is 2.67. The number of carbonyl (C=O) groups is 1. The fourth-order valence-electron chi connectivity index (χ4n) is 3.24. The maximum absolute atomic E-state index is 12.9. The molecule has 2 aromatic rings. The first-order valence-electron chi connectivity index (χ1n) is 7.34. The Labute approximate surface area is 131 Å². The zero-order chi connectivity index (χ0) is 16.6. The molecule has 1 aromatic carbocycles. The fourth-order valence-corrected chi connectivity index (χ4v) is 3.24. The summed E-state index contributed by atoms with van der Waals surface area (Å²) in [4.78, 5) is 15.8. The van der Waals surface area contributed by atoms with E-state index in [2.05, 4.69) is 10.9 Å². The highest BCUT2D eigenvalue weighted by Gasteiger charge is 2.46. The molecule has 0 fully saturated rings. The number of hydrogen-bond acceptors (Lipinski definition) is 1. The summed E-state index contributed by atoms with van der Waals surface area (Å²) in [5.74, 6) is 0.643. The largest absolute Gasteiger partial charge is 0.471 e. The predicted molar refractivity (Wildman–Crippen MR) is 80.6 cm³/mol. The van der Waals surface area contributed by atoms with E-state index in [9.17, 15) is 18.0 Å². The molecule has 1 atom stereocenters. The Bertz CT molecular complexity index is 785. The average Bonchev–Trinajstić information content (AvgIpc) is 2.89. The van der Waals surface area contributed by atoms with E-state index >= 15 is 0 Å². The number of aromatic nitrogens is 1. The Morgan fingerprint density at radius 1 is 1.39 bits per heavy atom. The van der Waals surface area contributed by atoms with Crippen LogP contribution < -0.4 is 0 Å². The molecule has 0 saturated heterocycles. The van der Waals surface area contributed by atoms with Crippen LogP contribution in [0, 0.1) is 12.3 Å². The Kier molecular flexibility index (Phi) is 3.80. The number of aromatic amines is 1. The van der Waals surface area contributed by atoms with E-state index in [1.165, 1.54) is 0 Å². The molecule has 0 saturated carbocycles. The lowest BCUT2D eigenvalue weighted by atomic mass is 9.94. The minimum Gasteiger partial charge on any atom is -0.356 e. The standard InChI is InChI=1S/C17H15F3N2O/c1-2-3-8-14-15-12(11-6-4-5-7-13(11)21-15)9-10-22(14)16(23)17(18,19)20/h1,4-7,14,21H,3,8-10H2. The van der Waals surface area contributed by atoms with Crippen molar-refractivity contribution in [1.29, 1.82) is 0 Å². The number of hydrogen-bond donors (Lipinski definition) is 1. The van der Waals surface area contributed by atoms with Crippen molar-refractivity contribution in [2.24, 2.45) is 0 Å². The first kappa shape index (κ1) is 15.5. The summed E-state index contributed by atoms with van der Waals surface area (Å²) >= 11 is 0. The second-order valence-corrected chi connectivity index (χ2v) is 5.57. The summed E-state index contributed by atoms with van der Waals surface area (Å²) in [6.45, 7) is 0.0441. The molecule has 0 aliphatic carbocycles. The van der Waals surface area contributed by atoms with Crippen molar-refractivity contribution in [3.8, 4) is 12.3 Å². The van der Waals surface area contributed by atoms with Crippen molar-refractivity contribution in [2.75, 3.05) is 6.54 Å². The molecule has 3 nitrogen and oxygen atoms in total. The number of carbonyl (C=O) groups excluding carboxylic acids is 1. The molecule has 23 heavy (non-hydrogen) atoms. The van der Waals surface area contributed by atoms with Gasteiger partial charge < -0.3 is 9.88 Å². The van der Waals surface area contributed by atoms with Crippen LogP contribution in [0.2, 0.25) is 0 Å². The third-order valence-corrected chi connectivity index (χ3v) is 4.22. The summed E-state index contributed by atoms with van der Waals surface area (Å²) in [6, 6.07) is 6.89. The van der Waals surface area contributed by atoms with E-state index in [1.54, 1.807) is 0 Å². The monoisotopic (exact) mass is 320 g/mol. The molecule has 0 spiro atoms. The molecule has 1 amide bonds. The molecule has 1 aliphatic rings. The molecule has 1 aliphatic heterocycles. The Hall–Kier alpha value is -2.42.